The van der Waals surface area contributed by atoms with Crippen LogP contribution in [0.1, 0.15) is 50.6 Å². The number of nitrogens with zero attached hydrogens (tertiary/aromatic N) is 2. The maximum atomic E-state index is 6.51. The monoisotopic (exact) mass is 349 g/mol. The Morgan fingerprint density at radius 1 is 1.30 bits per heavy atom. The van der Waals surface area contributed by atoms with Crippen molar-refractivity contribution in [2.75, 3.05) is 0 Å². The molecule has 5 heteroatoms. The molecule has 0 amide bonds. The first-order valence-electron chi connectivity index (χ1n) is 8.40. The maximum Gasteiger partial charge on any atom is 0.204 e. The number of halogens is 2. The van der Waals surface area contributed by atoms with E-state index in [1.165, 1.54) is 31.2 Å². The molecule has 23 heavy (non-hydrogen) atoms. The zero-order valence-electron chi connectivity index (χ0n) is 13.3. The molecule has 2 aliphatic rings. The lowest BCUT2D eigenvalue weighted by Gasteiger charge is -2.24. The lowest BCUT2D eigenvalue weighted by molar-refractivity contribution is 0.385. The third kappa shape index (κ3) is 2.79. The molecular formula is C18H21Cl2N3. The smallest absolute Gasteiger partial charge is 0.204 e. The van der Waals surface area contributed by atoms with Crippen LogP contribution in [0.5, 0.6) is 0 Å². The fourth-order valence-electron chi connectivity index (χ4n) is 3.95. The minimum atomic E-state index is 0.281. The third-order valence-electron chi connectivity index (χ3n) is 5.20. The van der Waals surface area contributed by atoms with Crippen LogP contribution in [0.3, 0.4) is 0 Å². The van der Waals surface area contributed by atoms with E-state index in [0.717, 1.165) is 29.0 Å². The Bertz CT molecular complexity index is 770. The zero-order chi connectivity index (χ0) is 16.0. The molecule has 0 spiro atoms. The number of aromatic nitrogens is 2. The van der Waals surface area contributed by atoms with Gasteiger partial charge in [-0.1, -0.05) is 23.3 Å². The SMILES string of the molecule is C[C@@H]1NCc2cc(Cl)cc3nc(Cl)n(c23)[C@H]1CC=C1CCCC1. The molecule has 0 saturated heterocycles. The van der Waals surface area contributed by atoms with Crippen molar-refractivity contribution in [3.8, 4) is 0 Å². The van der Waals surface area contributed by atoms with Crippen LogP contribution in [0, 0.1) is 0 Å². The van der Waals surface area contributed by atoms with Gasteiger partial charge in [-0.3, -0.25) is 0 Å². The molecule has 2 aromatic rings. The van der Waals surface area contributed by atoms with Crippen molar-refractivity contribution in [1.29, 1.82) is 0 Å². The first-order chi connectivity index (χ1) is 11.1. The van der Waals surface area contributed by atoms with E-state index in [9.17, 15) is 0 Å². The van der Waals surface area contributed by atoms with E-state index in [2.05, 4.69) is 27.9 Å². The van der Waals surface area contributed by atoms with Crippen LogP contribution in [0.2, 0.25) is 10.3 Å². The Labute approximate surface area is 146 Å². The summed E-state index contributed by atoms with van der Waals surface area (Å²) in [6.45, 7) is 3.03. The molecule has 1 aromatic heterocycles. The third-order valence-corrected chi connectivity index (χ3v) is 5.69. The summed E-state index contributed by atoms with van der Waals surface area (Å²) < 4.78 is 2.21. The van der Waals surface area contributed by atoms with Gasteiger partial charge in [0.25, 0.3) is 0 Å². The average molecular weight is 350 g/mol. The van der Waals surface area contributed by atoms with E-state index in [1.54, 1.807) is 5.57 Å². The molecule has 1 fully saturated rings. The summed E-state index contributed by atoms with van der Waals surface area (Å²) >= 11 is 12.7. The van der Waals surface area contributed by atoms with Crippen LogP contribution in [-0.4, -0.2) is 15.6 Å². The summed E-state index contributed by atoms with van der Waals surface area (Å²) in [5, 5.41) is 4.90. The van der Waals surface area contributed by atoms with Crippen LogP contribution in [0.25, 0.3) is 11.0 Å². The molecule has 1 aliphatic heterocycles. The molecule has 1 saturated carbocycles. The summed E-state index contributed by atoms with van der Waals surface area (Å²) in [7, 11) is 0. The Kier molecular flexibility index (Phi) is 4.12. The summed E-state index contributed by atoms with van der Waals surface area (Å²) in [5.41, 5.74) is 4.80. The number of benzene rings is 1. The predicted octanol–water partition coefficient (Wildman–Crippen LogP) is 5.27. The molecule has 2 heterocycles. The van der Waals surface area contributed by atoms with Gasteiger partial charge in [-0.15, -0.1) is 0 Å². The summed E-state index contributed by atoms with van der Waals surface area (Å²) in [4.78, 5) is 4.55. The largest absolute Gasteiger partial charge is 0.309 e. The lowest BCUT2D eigenvalue weighted by Crippen LogP contribution is -2.32. The molecule has 1 aliphatic carbocycles. The van der Waals surface area contributed by atoms with E-state index in [0.29, 0.717) is 11.3 Å². The quantitative estimate of drug-likeness (QED) is 0.748. The van der Waals surface area contributed by atoms with E-state index in [4.69, 9.17) is 23.2 Å². The van der Waals surface area contributed by atoms with Crippen molar-refractivity contribution in [3.63, 3.8) is 0 Å². The van der Waals surface area contributed by atoms with Crippen LogP contribution in [-0.2, 0) is 6.54 Å². The number of hydrogen-bond donors (Lipinski definition) is 1. The fourth-order valence-corrected chi connectivity index (χ4v) is 4.48. The summed E-state index contributed by atoms with van der Waals surface area (Å²) in [6.07, 6.45) is 8.61. The van der Waals surface area contributed by atoms with Crippen LogP contribution in [0.15, 0.2) is 23.8 Å². The molecule has 122 valence electrons. The van der Waals surface area contributed by atoms with Crippen LogP contribution in [0.4, 0.5) is 0 Å². The normalized spacial score (nSPS) is 24.2. The minimum Gasteiger partial charge on any atom is -0.309 e. The van der Waals surface area contributed by atoms with Crippen molar-refractivity contribution in [3.05, 3.63) is 39.7 Å². The Morgan fingerprint density at radius 3 is 2.87 bits per heavy atom. The zero-order valence-corrected chi connectivity index (χ0v) is 14.8. The highest BCUT2D eigenvalue weighted by atomic mass is 35.5. The van der Waals surface area contributed by atoms with Gasteiger partial charge < -0.3 is 9.88 Å². The predicted molar refractivity (Wildman–Crippen MR) is 96.3 cm³/mol. The Hall–Kier alpha value is -1.03. The Morgan fingerprint density at radius 2 is 2.09 bits per heavy atom. The average Bonchev–Trinajstić information content (AvgIpc) is 3.09. The molecule has 4 rings (SSSR count). The number of imidazole rings is 1. The minimum absolute atomic E-state index is 0.281. The highest BCUT2D eigenvalue weighted by molar-refractivity contribution is 6.32. The highest BCUT2D eigenvalue weighted by Crippen LogP contribution is 2.35. The number of rotatable bonds is 2. The summed E-state index contributed by atoms with van der Waals surface area (Å²) in [6, 6.07) is 4.54. The highest BCUT2D eigenvalue weighted by Gasteiger charge is 2.28. The molecule has 0 radical (unpaired) electrons. The van der Waals surface area contributed by atoms with E-state index in [-0.39, 0.29) is 6.04 Å². The number of hydrogen-bond acceptors (Lipinski definition) is 2. The van der Waals surface area contributed by atoms with Gasteiger partial charge in [-0.25, -0.2) is 4.98 Å². The molecular weight excluding hydrogens is 329 g/mol. The number of allylic oxidation sites excluding steroid dienone is 2. The molecule has 0 bridgehead atoms. The van der Waals surface area contributed by atoms with Gasteiger partial charge in [0.05, 0.1) is 17.1 Å². The topological polar surface area (TPSA) is 29.9 Å². The number of nitrogens with one attached hydrogen (secondary N) is 1. The molecule has 1 N–H and O–H groups in total. The van der Waals surface area contributed by atoms with Crippen LogP contribution < -0.4 is 5.32 Å². The summed E-state index contributed by atoms with van der Waals surface area (Å²) in [5.74, 6) is 0. The molecule has 0 unspecified atom stereocenters. The molecule has 3 nitrogen and oxygen atoms in total. The van der Waals surface area contributed by atoms with Gasteiger partial charge in [0, 0.05) is 17.6 Å². The second kappa shape index (κ2) is 6.12. The van der Waals surface area contributed by atoms with Crippen molar-refractivity contribution in [2.45, 2.75) is 57.7 Å². The second-order valence-corrected chi connectivity index (χ2v) is 7.50. The first kappa shape index (κ1) is 15.5. The van der Waals surface area contributed by atoms with Gasteiger partial charge in [0.2, 0.25) is 5.28 Å². The van der Waals surface area contributed by atoms with E-state index >= 15 is 0 Å². The van der Waals surface area contributed by atoms with Crippen molar-refractivity contribution in [2.24, 2.45) is 0 Å². The fraction of sp³-hybridized carbons (Fsp3) is 0.500. The van der Waals surface area contributed by atoms with Gasteiger partial charge in [0.15, 0.2) is 0 Å². The van der Waals surface area contributed by atoms with Crippen molar-refractivity contribution < 1.29 is 0 Å². The Balaban J connectivity index is 1.80. The van der Waals surface area contributed by atoms with E-state index in [1.807, 2.05) is 12.1 Å². The van der Waals surface area contributed by atoms with Crippen molar-refractivity contribution in [1.82, 2.24) is 14.9 Å². The molecule has 1 aromatic carbocycles. The van der Waals surface area contributed by atoms with Gasteiger partial charge >= 0.3 is 0 Å². The lowest BCUT2D eigenvalue weighted by atomic mass is 10.0. The first-order valence-corrected chi connectivity index (χ1v) is 9.16. The standard InChI is InChI=1S/C18H21Cl2N3/c1-11-16(7-6-12-4-2-3-5-12)23-17-13(10-21-11)8-14(19)9-15(17)22-18(23)20/h6,8-9,11,16,21H,2-5,7,10H2,1H3/t11-,16-/m0/s1. The van der Waals surface area contributed by atoms with Gasteiger partial charge in [-0.05, 0) is 68.3 Å². The maximum absolute atomic E-state index is 6.51. The van der Waals surface area contributed by atoms with Crippen LogP contribution >= 0.6 is 23.2 Å². The van der Waals surface area contributed by atoms with E-state index < -0.39 is 0 Å². The van der Waals surface area contributed by atoms with Crippen molar-refractivity contribution >= 4 is 34.2 Å². The molecule has 2 atom stereocenters. The second-order valence-electron chi connectivity index (χ2n) is 6.73. The van der Waals surface area contributed by atoms with Gasteiger partial charge in [-0.2, -0.15) is 0 Å². The van der Waals surface area contributed by atoms with Gasteiger partial charge in [0.1, 0.15) is 0 Å².